The van der Waals surface area contributed by atoms with E-state index in [1.54, 1.807) is 12.1 Å². The van der Waals surface area contributed by atoms with Crippen LogP contribution in [0.15, 0.2) is 52.0 Å². The second-order valence-corrected chi connectivity index (χ2v) is 7.30. The Labute approximate surface area is 158 Å². The number of carbonyl (C=O) groups is 1. The van der Waals surface area contributed by atoms with E-state index in [0.29, 0.717) is 42.8 Å². The second kappa shape index (κ2) is 8.41. The third kappa shape index (κ3) is 4.88. The van der Waals surface area contributed by atoms with E-state index in [9.17, 15) is 4.79 Å². The summed E-state index contributed by atoms with van der Waals surface area (Å²) < 4.78 is 5.39. The molecule has 0 spiro atoms. The molecule has 5 nitrogen and oxygen atoms in total. The molecule has 26 heavy (non-hydrogen) atoms. The number of rotatable bonds is 7. The van der Waals surface area contributed by atoms with Gasteiger partial charge in [-0.25, -0.2) is 0 Å². The summed E-state index contributed by atoms with van der Waals surface area (Å²) in [5.41, 5.74) is 1.82. The Bertz CT molecular complexity index is 770. The second-order valence-electron chi connectivity index (χ2n) is 6.93. The highest BCUT2D eigenvalue weighted by atomic mass is 35.5. The molecule has 2 heterocycles. The third-order valence-corrected chi connectivity index (χ3v) is 4.37. The van der Waals surface area contributed by atoms with Gasteiger partial charge in [0.25, 0.3) is 0 Å². The fraction of sp³-hybridized carbons (Fsp3) is 0.400. The first-order chi connectivity index (χ1) is 12.5. The lowest BCUT2D eigenvalue weighted by Gasteiger charge is -2.25. The highest BCUT2D eigenvalue weighted by Gasteiger charge is 2.28. The molecule has 1 aliphatic heterocycles. The zero-order chi connectivity index (χ0) is 18.5. The van der Waals surface area contributed by atoms with Crippen molar-refractivity contribution in [1.82, 2.24) is 4.90 Å². The molecule has 0 aliphatic carbocycles. The van der Waals surface area contributed by atoms with Gasteiger partial charge in [0.15, 0.2) is 17.1 Å². The number of hydrogen-bond acceptors (Lipinski definition) is 4. The molecule has 138 valence electrons. The molecule has 0 radical (unpaired) electrons. The lowest BCUT2D eigenvalue weighted by molar-refractivity contribution is -0.134. The molecule has 6 heteroatoms. The summed E-state index contributed by atoms with van der Waals surface area (Å²) in [4.78, 5) is 20.1. The van der Waals surface area contributed by atoms with E-state index in [-0.39, 0.29) is 12.0 Å². The van der Waals surface area contributed by atoms with Crippen LogP contribution in [0, 0.1) is 5.92 Å². The van der Waals surface area contributed by atoms with Crippen molar-refractivity contribution in [3.8, 4) is 0 Å². The minimum atomic E-state index is -0.186. The Morgan fingerprint density at radius 1 is 1.27 bits per heavy atom. The van der Waals surface area contributed by atoms with E-state index in [1.807, 2.05) is 49.1 Å². The summed E-state index contributed by atoms with van der Waals surface area (Å²) in [5.74, 6) is 1.05. The van der Waals surface area contributed by atoms with Crippen LogP contribution in [0.25, 0.3) is 0 Å². The van der Waals surface area contributed by atoms with Crippen molar-refractivity contribution >= 4 is 23.2 Å². The fourth-order valence-electron chi connectivity index (χ4n) is 2.92. The van der Waals surface area contributed by atoms with Gasteiger partial charge >= 0.3 is 0 Å². The van der Waals surface area contributed by atoms with Crippen LogP contribution in [0.4, 0.5) is 0 Å². The Balaban J connectivity index is 1.65. The van der Waals surface area contributed by atoms with Crippen molar-refractivity contribution in [2.24, 2.45) is 11.1 Å². The first kappa shape index (κ1) is 18.5. The van der Waals surface area contributed by atoms with E-state index in [2.05, 4.69) is 5.16 Å². The maximum Gasteiger partial charge on any atom is 0.223 e. The molecule has 1 aliphatic rings. The molecule has 0 saturated carbocycles. The first-order valence-electron chi connectivity index (χ1n) is 8.81. The van der Waals surface area contributed by atoms with Crippen LogP contribution in [-0.2, 0) is 16.2 Å². The summed E-state index contributed by atoms with van der Waals surface area (Å²) in [7, 11) is 0. The smallest absolute Gasteiger partial charge is 0.223 e. The van der Waals surface area contributed by atoms with Gasteiger partial charge < -0.3 is 14.2 Å². The highest BCUT2D eigenvalue weighted by molar-refractivity contribution is 6.29. The molecule has 1 aromatic carbocycles. The van der Waals surface area contributed by atoms with Gasteiger partial charge in [0.05, 0.1) is 6.54 Å². The summed E-state index contributed by atoms with van der Waals surface area (Å²) in [6.07, 6.45) is 0.916. The number of carbonyl (C=O) groups excluding carboxylic acids is 1. The molecule has 2 aromatic rings. The van der Waals surface area contributed by atoms with E-state index in [1.165, 1.54) is 0 Å². The molecule has 3 rings (SSSR count). The van der Waals surface area contributed by atoms with Crippen molar-refractivity contribution in [2.45, 2.75) is 39.3 Å². The maximum atomic E-state index is 12.7. The van der Waals surface area contributed by atoms with Crippen LogP contribution in [0.3, 0.4) is 0 Å². The Kier molecular flexibility index (Phi) is 5.99. The number of halogens is 1. The Morgan fingerprint density at radius 2 is 2.04 bits per heavy atom. The van der Waals surface area contributed by atoms with Gasteiger partial charge in [0.2, 0.25) is 5.91 Å². The SMILES string of the molecule is CC(C)CC(=O)N(Cc1ccccc1)CC1CC(c2ccc(Cl)o2)=NO1. The molecule has 1 aromatic heterocycles. The quantitative estimate of drug-likeness (QED) is 0.716. The van der Waals surface area contributed by atoms with Gasteiger partial charge in [-0.05, 0) is 35.2 Å². The molecule has 1 amide bonds. The molecule has 0 fully saturated rings. The largest absolute Gasteiger partial charge is 0.443 e. The molecule has 1 atom stereocenters. The molecule has 0 bridgehead atoms. The summed E-state index contributed by atoms with van der Waals surface area (Å²) in [6.45, 7) is 5.15. The Morgan fingerprint density at radius 3 is 2.69 bits per heavy atom. The standard InChI is InChI=1S/C20H23ClN2O3/c1-14(2)10-20(24)23(12-15-6-4-3-5-7-15)13-16-11-17(22-26-16)18-8-9-19(21)25-18/h3-9,14,16H,10-13H2,1-2H3. The van der Waals surface area contributed by atoms with Crippen LogP contribution >= 0.6 is 11.6 Å². The number of nitrogens with zero attached hydrogens (tertiary/aromatic N) is 2. The van der Waals surface area contributed by atoms with E-state index < -0.39 is 0 Å². The van der Waals surface area contributed by atoms with E-state index >= 15 is 0 Å². The highest BCUT2D eigenvalue weighted by Crippen LogP contribution is 2.22. The van der Waals surface area contributed by atoms with Crippen LogP contribution in [0.1, 0.15) is 38.0 Å². The summed E-state index contributed by atoms with van der Waals surface area (Å²) >= 11 is 5.82. The van der Waals surface area contributed by atoms with Gasteiger partial charge in [0.1, 0.15) is 5.71 Å². The van der Waals surface area contributed by atoms with Crippen molar-refractivity contribution in [2.75, 3.05) is 6.54 Å². The van der Waals surface area contributed by atoms with Crippen molar-refractivity contribution in [1.29, 1.82) is 0 Å². The van der Waals surface area contributed by atoms with E-state index in [4.69, 9.17) is 20.9 Å². The molecular weight excluding hydrogens is 352 g/mol. The van der Waals surface area contributed by atoms with Gasteiger partial charge in [-0.3, -0.25) is 4.79 Å². The zero-order valence-corrected chi connectivity index (χ0v) is 15.8. The number of oxime groups is 1. The summed E-state index contributed by atoms with van der Waals surface area (Å²) in [6, 6.07) is 13.4. The third-order valence-electron chi connectivity index (χ3n) is 4.17. The average molecular weight is 375 g/mol. The number of amides is 1. The average Bonchev–Trinajstić information content (AvgIpc) is 3.23. The zero-order valence-electron chi connectivity index (χ0n) is 15.0. The van der Waals surface area contributed by atoms with Crippen LogP contribution < -0.4 is 0 Å². The van der Waals surface area contributed by atoms with Crippen molar-refractivity contribution in [3.63, 3.8) is 0 Å². The molecular formula is C20H23ClN2O3. The molecule has 1 unspecified atom stereocenters. The van der Waals surface area contributed by atoms with E-state index in [0.717, 1.165) is 11.3 Å². The predicted molar refractivity (Wildman–Crippen MR) is 101 cm³/mol. The van der Waals surface area contributed by atoms with Crippen LogP contribution in [-0.4, -0.2) is 29.2 Å². The van der Waals surface area contributed by atoms with Crippen LogP contribution in [0.2, 0.25) is 5.22 Å². The van der Waals surface area contributed by atoms with Gasteiger partial charge in [-0.2, -0.15) is 0 Å². The fourth-order valence-corrected chi connectivity index (χ4v) is 3.07. The van der Waals surface area contributed by atoms with Crippen molar-refractivity contribution in [3.05, 3.63) is 59.0 Å². The van der Waals surface area contributed by atoms with Crippen LogP contribution in [0.5, 0.6) is 0 Å². The van der Waals surface area contributed by atoms with Gasteiger partial charge in [0, 0.05) is 19.4 Å². The minimum Gasteiger partial charge on any atom is -0.443 e. The predicted octanol–water partition coefficient (Wildman–Crippen LogP) is 4.50. The topological polar surface area (TPSA) is 55.0 Å². The normalized spacial score (nSPS) is 16.5. The first-order valence-corrected chi connectivity index (χ1v) is 9.19. The van der Waals surface area contributed by atoms with Gasteiger partial charge in [-0.15, -0.1) is 0 Å². The lowest BCUT2D eigenvalue weighted by Crippen LogP contribution is -2.37. The molecule has 0 N–H and O–H groups in total. The maximum absolute atomic E-state index is 12.7. The van der Waals surface area contributed by atoms with Crippen molar-refractivity contribution < 1.29 is 14.0 Å². The number of hydrogen-bond donors (Lipinski definition) is 0. The molecule has 0 saturated heterocycles. The lowest BCUT2D eigenvalue weighted by atomic mass is 10.1. The number of benzene rings is 1. The monoisotopic (exact) mass is 374 g/mol. The van der Waals surface area contributed by atoms with Gasteiger partial charge in [-0.1, -0.05) is 49.3 Å². The number of furan rings is 1. The Hall–Kier alpha value is -2.27. The summed E-state index contributed by atoms with van der Waals surface area (Å²) in [5, 5.41) is 4.43. The minimum absolute atomic E-state index is 0.127.